The monoisotopic (exact) mass is 2250 g/mol. The third-order valence-corrected chi connectivity index (χ3v) is 30.7. The lowest BCUT2D eigenvalue weighted by atomic mass is 10.1. The number of esters is 1. The number of alkyl halides is 6. The normalized spacial score (nSPS) is 24.6. The molecule has 5 fully saturated rings. The van der Waals surface area contributed by atoms with Crippen LogP contribution in [-0.4, -0.2) is 433 Å². The average molecular weight is 2250 g/mol. The van der Waals surface area contributed by atoms with E-state index in [4.69, 9.17) is 60.7 Å². The van der Waals surface area contributed by atoms with Crippen LogP contribution < -0.4 is 66.5 Å². The van der Waals surface area contributed by atoms with E-state index in [-0.39, 0.29) is 76.1 Å². The number of rotatable bonds is 39. The van der Waals surface area contributed by atoms with E-state index in [1.165, 1.54) is 55.6 Å². The molecule has 0 bridgehead atoms. The summed E-state index contributed by atoms with van der Waals surface area (Å²) < 4.78 is 122. The average Bonchev–Trinajstić information content (AvgIpc) is 1.66. The van der Waals surface area contributed by atoms with Crippen molar-refractivity contribution in [1.29, 1.82) is 0 Å². The van der Waals surface area contributed by atoms with Crippen LogP contribution in [0, 0.1) is 4.77 Å². The van der Waals surface area contributed by atoms with E-state index in [0.29, 0.717) is 44.4 Å². The summed E-state index contributed by atoms with van der Waals surface area (Å²) in [5, 5.41) is 127. The van der Waals surface area contributed by atoms with Gasteiger partial charge >= 0.3 is 70.8 Å². The number of amides is 2. The summed E-state index contributed by atoms with van der Waals surface area (Å²) in [4.78, 5) is 188. The molecule has 5 aliphatic rings. The first-order valence-corrected chi connectivity index (χ1v) is 61.7. The summed E-state index contributed by atoms with van der Waals surface area (Å²) in [7, 11) is 2.27. The summed E-state index contributed by atoms with van der Waals surface area (Å²) in [6, 6.07) is 0. The zero-order chi connectivity index (χ0) is 113. The number of hydrogen-bond acceptors (Lipinski definition) is 35. The topological polar surface area (TPSA) is 710 Å². The van der Waals surface area contributed by atoms with E-state index in [2.05, 4.69) is 89.1 Å². The fourth-order valence-electron chi connectivity index (χ4n) is 15.4. The van der Waals surface area contributed by atoms with Crippen LogP contribution in [0.5, 0.6) is 0 Å². The highest BCUT2D eigenvalue weighted by molar-refractivity contribution is 7.73. The van der Waals surface area contributed by atoms with E-state index >= 15 is 0 Å². The molecule has 0 saturated carbocycles. The predicted molar refractivity (Wildman–Crippen MR) is 550 cm³/mol. The van der Waals surface area contributed by atoms with Gasteiger partial charge in [0.1, 0.15) is 73.2 Å². The Hall–Kier alpha value is -9.00. The zero-order valence-electron chi connectivity index (χ0n) is 84.8. The number of carbonyl (C=O) groups excluding carboxylic acids is 3. The lowest BCUT2D eigenvalue weighted by molar-refractivity contribution is -0.188. The molecule has 10 heterocycles. The molecule has 0 radical (unpaired) electrons. The molecule has 2 amide bonds. The van der Waals surface area contributed by atoms with Gasteiger partial charge in [0.15, 0.2) is 35.9 Å². The molecule has 5 aromatic rings. The number of carbonyl (C=O) groups is 6. The SMILES string of the molecule is C=P(C)(C)CC[C@H]1O[C@@H](n2cc(CN(C)C(=O)C(F)(F)F)c(=O)[nH]c2=O)[C@H](O)[C@@H]1O.C=P(C)(C)CC[C@H]1O[C@@H](n2cc(CN(CC(=O)OC(C)(C)C)C(=O)C(F)(F)F)c(=O)[nH]c2=O)[C@H](O)[C@@H]1O.C=P(C)(C)CC[C@H]1O[C@@H](n2cc(CNCC(=O)O)c(=O)[nH]c2=O)[C@H](O)[C@@H]1O.C=P(C)(C)CC[C@H]1O[C@@H](n2cc(CNCC(=O)O)c(=O)[nH]c2=O)[C@H](OC)[C@@H]1O.C=P(C)(C)CC[C@H]1O[C@@H](n2cc(CNCC(=O)O)c(=O)[nH]c2=S)[C@H](O)[C@@H]1O. The zero-order valence-corrected chi connectivity index (χ0v) is 90.1. The second-order valence-corrected chi connectivity index (χ2v) is 62.7. The molecule has 20 N–H and O–H groups in total. The number of nitrogens with zero attached hydrogens (tertiary/aromatic N) is 7. The first-order valence-electron chi connectivity index (χ1n) is 46.0. The quantitative estimate of drug-likeness (QED) is 0.00842. The van der Waals surface area contributed by atoms with Crippen LogP contribution in [0.3, 0.4) is 0 Å². The molecule has 0 aliphatic carbocycles. The lowest BCUT2D eigenvalue weighted by Gasteiger charge is -2.26. The maximum Gasteiger partial charge on any atom is 0.471 e. The highest BCUT2D eigenvalue weighted by atomic mass is 32.1. The molecular weight excluding hydrogens is 2110 g/mol. The number of ether oxygens (including phenoxy) is 7. The van der Waals surface area contributed by atoms with Crippen molar-refractivity contribution < 1.29 is 150 Å². The van der Waals surface area contributed by atoms with Gasteiger partial charge in [-0.15, -0.1) is 65.9 Å². The molecule has 10 rings (SSSR count). The van der Waals surface area contributed by atoms with Gasteiger partial charge in [-0.25, -0.2) is 19.2 Å². The number of nitrogens with one attached hydrogen (secondary N) is 8. The Morgan fingerprint density at radius 2 is 0.644 bits per heavy atom. The highest BCUT2D eigenvalue weighted by Crippen LogP contribution is 2.45. The number of aromatic amines is 5. The second kappa shape index (κ2) is 53.7. The Kier molecular flexibility index (Phi) is 46.4. The number of halogens is 6. The number of carboxylic acid groups (broad SMARTS) is 3. The number of aliphatic carboxylic acids is 3. The number of hydrogen-bond donors (Lipinski definition) is 20. The fourth-order valence-corrected chi connectivity index (χ4v) is 20.4. The van der Waals surface area contributed by atoms with Crippen molar-refractivity contribution in [2.75, 3.05) is 138 Å². The van der Waals surface area contributed by atoms with Crippen molar-refractivity contribution in [3.8, 4) is 0 Å². The van der Waals surface area contributed by atoms with Crippen LogP contribution >= 0.6 is 46.6 Å². The van der Waals surface area contributed by atoms with Gasteiger partial charge in [0.05, 0.1) is 74.4 Å². The van der Waals surface area contributed by atoms with Gasteiger partial charge in [-0.3, -0.25) is 100 Å². The minimum Gasteiger partial charge on any atom is -0.480 e. The number of aromatic nitrogens is 10. The summed E-state index contributed by atoms with van der Waals surface area (Å²) in [6.45, 7) is 13.9. The van der Waals surface area contributed by atoms with Crippen molar-refractivity contribution in [1.82, 2.24) is 73.5 Å². The van der Waals surface area contributed by atoms with E-state index in [1.807, 2.05) is 50.0 Å². The Morgan fingerprint density at radius 3 is 0.919 bits per heavy atom. The first kappa shape index (κ1) is 129. The van der Waals surface area contributed by atoms with Gasteiger partial charge in [-0.05, 0) is 163 Å². The van der Waals surface area contributed by atoms with Crippen LogP contribution in [-0.2, 0) is 94.6 Å². The van der Waals surface area contributed by atoms with Gasteiger partial charge in [-0.1, -0.05) is 0 Å². The molecule has 842 valence electrons. The molecule has 0 unspecified atom stereocenters. The Bertz CT molecular complexity index is 6290. The minimum atomic E-state index is -5.37. The standard InChI is InChI=1S/C22H33F3N3O8P.C17H25F3N3O6P.C17H28N3O7P.C16H26N3O7P.C16H26N3O6PS/c1-21(2,3)36-14(29)11-27(19(33)22(23,24)25)9-12-10-28(20(34)26-17(12)32)18-16(31)15(30)13(35-18)7-8-37(4,5)6;1-22(15(27)17(18,19)20)7-9-8-23(16(28)21-13(9)26)14-12(25)11(24)10(29-14)5-6-30(2,3)4;1-26-14-13(23)11(5-6-28(2,3)4)27-16(14)20-9-10(7-18-8-12(21)22)15(24)19-17(20)25;1-27(2,3)5-4-10-12(22)13(23)15(26-10)19-8-9(6-17-7-11(20)21)14(24)18-16(19)25;1-26(2,3)5-4-10-12(22)13(23)15(25-10)19-8-9(6-17-7-11(20)21)14(24)18-16(19)27/h10,13,15-16,18,30-31H,4,7-9,11H2,1-3,5-6H3,(H,26,32,34);8,10-12,14,24-25H,2,5-7H2,1,3-4H3,(H,21,26,28);9,11,13-14,16,18,23H,2,5-8H2,1,3-4H3,(H,21,22)(H,19,24,25);8,10,12-13,15,17,22-23H,1,4-7H2,2-3H3,(H,20,21)(H,18,24,25);8,10,12-13,15,17,22-23H,1,4-7H2,2-3H3,(H,20,21)(H,18,24,27)/t13-,15-,16-,18-;10-,11-,12-,14-;11-,13-,14-,16-;2*10-,12-,13-,15-/m11111/s1. The molecule has 5 aliphatic heterocycles. The van der Waals surface area contributed by atoms with Crippen LogP contribution in [0.25, 0.3) is 0 Å². The first-order chi connectivity index (χ1) is 68.3. The van der Waals surface area contributed by atoms with E-state index in [1.54, 1.807) is 0 Å². The van der Waals surface area contributed by atoms with Crippen molar-refractivity contribution in [3.05, 3.63) is 157 Å². The van der Waals surface area contributed by atoms with Crippen LogP contribution in [0.15, 0.2) is 74.1 Å². The maximum atomic E-state index is 13.2. The van der Waals surface area contributed by atoms with Crippen molar-refractivity contribution in [2.24, 2.45) is 0 Å². The summed E-state index contributed by atoms with van der Waals surface area (Å²) in [5.41, 5.74) is -8.71. The van der Waals surface area contributed by atoms with E-state index < -0.39 is 287 Å². The van der Waals surface area contributed by atoms with Crippen LogP contribution in [0.1, 0.15) is 112 Å². The molecule has 61 heteroatoms. The number of aliphatic hydroxyl groups is 9. The van der Waals surface area contributed by atoms with Gasteiger partial charge < -0.3 is 120 Å². The minimum absolute atomic E-state index is 0.00617. The predicted octanol–water partition coefficient (Wildman–Crippen LogP) is -2.43. The highest BCUT2D eigenvalue weighted by Gasteiger charge is 2.51. The summed E-state index contributed by atoms with van der Waals surface area (Å²) >= 11 is 5.16. The number of carboxylic acids is 3. The van der Waals surface area contributed by atoms with E-state index in [9.17, 15) is 144 Å². The molecule has 5 aromatic heterocycles. The third kappa shape index (κ3) is 39.2. The van der Waals surface area contributed by atoms with Crippen molar-refractivity contribution in [2.45, 2.75) is 226 Å². The van der Waals surface area contributed by atoms with Gasteiger partial charge in [-0.2, -0.15) is 26.3 Å². The smallest absolute Gasteiger partial charge is 0.471 e. The molecule has 0 aromatic carbocycles. The van der Waals surface area contributed by atoms with Crippen LogP contribution in [0.4, 0.5) is 26.3 Å². The molecule has 149 heavy (non-hydrogen) atoms. The molecule has 0 spiro atoms. The number of methoxy groups -OCH3 is 1. The summed E-state index contributed by atoms with van der Waals surface area (Å²) in [5.74, 6) is -8.90. The fraction of sp³-hybridized carbons (Fsp3) is 0.648. The largest absolute Gasteiger partial charge is 0.480 e. The Balaban J connectivity index is 0.000000286. The Morgan fingerprint density at radius 1 is 0.396 bits per heavy atom. The molecule has 49 nitrogen and oxygen atoms in total. The Labute approximate surface area is 854 Å². The van der Waals surface area contributed by atoms with Crippen molar-refractivity contribution >= 4 is 114 Å². The van der Waals surface area contributed by atoms with E-state index in [0.717, 1.165) is 51.6 Å². The number of aliphatic hydroxyl groups excluding tert-OH is 9. The summed E-state index contributed by atoms with van der Waals surface area (Å²) in [6.07, 6.45) is 0.0732. The third-order valence-electron chi connectivity index (χ3n) is 23.0. The molecular formula is C88H138F6N15O34P5S. The molecule has 5 saturated heterocycles. The second-order valence-electron chi connectivity index (χ2n) is 40.7. The number of H-pyrrole nitrogens is 5. The lowest BCUT2D eigenvalue weighted by Crippen LogP contribution is -2.46. The van der Waals surface area contributed by atoms with Crippen LogP contribution in [0.2, 0.25) is 0 Å². The maximum absolute atomic E-state index is 13.2. The van der Waals surface area contributed by atoms with Gasteiger partial charge in [0.25, 0.3) is 27.8 Å². The molecule has 20 atom stereocenters. The van der Waals surface area contributed by atoms with Crippen molar-refractivity contribution in [3.63, 3.8) is 0 Å². The van der Waals surface area contributed by atoms with Gasteiger partial charge in [0, 0.05) is 81.5 Å². The van der Waals surface area contributed by atoms with Gasteiger partial charge in [0.2, 0.25) is 0 Å².